The van der Waals surface area contributed by atoms with Crippen molar-refractivity contribution < 1.29 is 22.7 Å². The van der Waals surface area contributed by atoms with E-state index in [0.29, 0.717) is 6.29 Å². The van der Waals surface area contributed by atoms with Crippen LogP contribution in [-0.2, 0) is 0 Å². The molecule has 0 radical (unpaired) electrons. The first-order valence-electron chi connectivity index (χ1n) is 4.98. The number of benzene rings is 2. The van der Waals surface area contributed by atoms with Crippen molar-refractivity contribution in [2.24, 2.45) is 0 Å². The Hall–Kier alpha value is -2.30. The molecule has 2 nitrogen and oxygen atoms in total. The zero-order valence-electron chi connectivity index (χ0n) is 8.99. The van der Waals surface area contributed by atoms with Gasteiger partial charge in [0, 0.05) is 11.6 Å². The number of aldehydes is 1. The zero-order valence-corrected chi connectivity index (χ0v) is 8.99. The van der Waals surface area contributed by atoms with Crippen LogP contribution >= 0.6 is 0 Å². The maximum Gasteiger partial charge on any atom is 0.201 e. The van der Waals surface area contributed by atoms with Gasteiger partial charge in [-0.25, -0.2) is 8.78 Å². The summed E-state index contributed by atoms with van der Waals surface area (Å²) in [5, 5.41) is 0. The molecule has 0 atom stereocenters. The van der Waals surface area contributed by atoms with Gasteiger partial charge < -0.3 is 4.74 Å². The lowest BCUT2D eigenvalue weighted by atomic mass is 10.2. The smallest absolute Gasteiger partial charge is 0.201 e. The molecule has 2 aromatic rings. The van der Waals surface area contributed by atoms with Crippen LogP contribution in [0.15, 0.2) is 36.4 Å². The maximum absolute atomic E-state index is 13.3. The standard InChI is InChI=1S/C13H7F3O2/c14-9-4-8(7-17)5-10(6-9)18-12-3-1-2-11(15)13(12)16/h1-7H. The van der Waals surface area contributed by atoms with Crippen molar-refractivity contribution in [1.29, 1.82) is 0 Å². The molecule has 18 heavy (non-hydrogen) atoms. The summed E-state index contributed by atoms with van der Waals surface area (Å²) in [5.41, 5.74) is 0.0433. The van der Waals surface area contributed by atoms with Gasteiger partial charge in [-0.3, -0.25) is 4.79 Å². The van der Waals surface area contributed by atoms with Crippen molar-refractivity contribution in [3.8, 4) is 11.5 Å². The molecule has 5 heteroatoms. The Morgan fingerprint density at radius 3 is 2.56 bits per heavy atom. The van der Waals surface area contributed by atoms with Gasteiger partial charge >= 0.3 is 0 Å². The van der Waals surface area contributed by atoms with Crippen molar-refractivity contribution in [2.75, 3.05) is 0 Å². The minimum Gasteiger partial charge on any atom is -0.454 e. The van der Waals surface area contributed by atoms with Gasteiger partial charge in [0.05, 0.1) is 0 Å². The second-order valence-corrected chi connectivity index (χ2v) is 3.49. The van der Waals surface area contributed by atoms with Gasteiger partial charge in [0.2, 0.25) is 5.82 Å². The average Bonchev–Trinajstić information content (AvgIpc) is 2.34. The number of rotatable bonds is 3. The van der Waals surface area contributed by atoms with Crippen molar-refractivity contribution in [2.45, 2.75) is 0 Å². The molecule has 2 rings (SSSR count). The molecule has 0 aliphatic rings. The number of ether oxygens (including phenoxy) is 1. The van der Waals surface area contributed by atoms with Crippen molar-refractivity contribution >= 4 is 6.29 Å². The molecule has 0 aliphatic heterocycles. The summed E-state index contributed by atoms with van der Waals surface area (Å²) in [7, 11) is 0. The van der Waals surface area contributed by atoms with E-state index >= 15 is 0 Å². The molecule has 2 aromatic carbocycles. The topological polar surface area (TPSA) is 26.3 Å². The van der Waals surface area contributed by atoms with E-state index in [0.717, 1.165) is 18.2 Å². The van der Waals surface area contributed by atoms with Crippen LogP contribution in [0.2, 0.25) is 0 Å². The van der Waals surface area contributed by atoms with E-state index in [1.165, 1.54) is 18.2 Å². The summed E-state index contributed by atoms with van der Waals surface area (Å²) in [6, 6.07) is 6.59. The van der Waals surface area contributed by atoms with Crippen LogP contribution < -0.4 is 4.74 Å². The minimum atomic E-state index is -1.17. The molecule has 0 spiro atoms. The van der Waals surface area contributed by atoms with Crippen LogP contribution in [0.25, 0.3) is 0 Å². The third-order valence-electron chi connectivity index (χ3n) is 2.17. The summed E-state index contributed by atoms with van der Waals surface area (Å²) >= 11 is 0. The lowest BCUT2D eigenvalue weighted by molar-refractivity contribution is 0.112. The van der Waals surface area contributed by atoms with Crippen molar-refractivity contribution in [3.63, 3.8) is 0 Å². The van der Waals surface area contributed by atoms with Crippen molar-refractivity contribution in [3.05, 3.63) is 59.4 Å². The largest absolute Gasteiger partial charge is 0.454 e. The third-order valence-corrected chi connectivity index (χ3v) is 2.17. The molecule has 0 saturated carbocycles. The molecule has 0 amide bonds. The van der Waals surface area contributed by atoms with Gasteiger partial charge in [-0.2, -0.15) is 4.39 Å². The number of hydrogen-bond acceptors (Lipinski definition) is 2. The first kappa shape index (κ1) is 12.2. The number of halogens is 3. The third kappa shape index (κ3) is 2.51. The number of hydrogen-bond donors (Lipinski definition) is 0. The zero-order chi connectivity index (χ0) is 13.1. The molecular formula is C13H7F3O2. The summed E-state index contributed by atoms with van der Waals surface area (Å²) in [5.74, 6) is -3.40. The highest BCUT2D eigenvalue weighted by Gasteiger charge is 2.10. The highest BCUT2D eigenvalue weighted by molar-refractivity contribution is 5.75. The Morgan fingerprint density at radius 1 is 1.06 bits per heavy atom. The normalized spacial score (nSPS) is 10.2. The second-order valence-electron chi connectivity index (χ2n) is 3.49. The van der Waals surface area contributed by atoms with Gasteiger partial charge in [0.25, 0.3) is 0 Å². The molecule has 92 valence electrons. The molecule has 0 fully saturated rings. The lowest BCUT2D eigenvalue weighted by Gasteiger charge is -2.07. The van der Waals surface area contributed by atoms with Gasteiger partial charge in [0.1, 0.15) is 17.9 Å². The minimum absolute atomic E-state index is 0.0433. The summed E-state index contributed by atoms with van der Waals surface area (Å²) in [4.78, 5) is 10.5. The van der Waals surface area contributed by atoms with E-state index < -0.39 is 17.5 Å². The second kappa shape index (κ2) is 4.91. The van der Waals surface area contributed by atoms with Crippen LogP contribution in [0.4, 0.5) is 13.2 Å². The lowest BCUT2D eigenvalue weighted by Crippen LogP contribution is -1.93. The van der Waals surface area contributed by atoms with Gasteiger partial charge in [-0.05, 0) is 24.3 Å². The van der Waals surface area contributed by atoms with E-state index in [1.54, 1.807) is 0 Å². The van der Waals surface area contributed by atoms with Crippen LogP contribution in [0.1, 0.15) is 10.4 Å². The van der Waals surface area contributed by atoms with Crippen LogP contribution in [0.3, 0.4) is 0 Å². The fourth-order valence-corrected chi connectivity index (χ4v) is 1.40. The molecule has 0 aromatic heterocycles. The van der Waals surface area contributed by atoms with E-state index in [-0.39, 0.29) is 17.1 Å². The van der Waals surface area contributed by atoms with E-state index in [1.807, 2.05) is 0 Å². The summed E-state index contributed by atoms with van der Waals surface area (Å²) < 4.78 is 44.3. The molecule has 0 bridgehead atoms. The Kier molecular flexibility index (Phi) is 3.32. The fraction of sp³-hybridized carbons (Fsp3) is 0. The van der Waals surface area contributed by atoms with Crippen LogP contribution in [0.5, 0.6) is 11.5 Å². The molecule has 0 aliphatic carbocycles. The predicted octanol–water partition coefficient (Wildman–Crippen LogP) is 3.71. The number of carbonyl (C=O) groups is 1. The highest BCUT2D eigenvalue weighted by Crippen LogP contribution is 2.26. The molecule has 0 heterocycles. The molecule has 0 unspecified atom stereocenters. The quantitative estimate of drug-likeness (QED) is 0.778. The van der Waals surface area contributed by atoms with Crippen molar-refractivity contribution in [1.82, 2.24) is 0 Å². The first-order chi connectivity index (χ1) is 8.60. The predicted molar refractivity (Wildman–Crippen MR) is 58.2 cm³/mol. The Balaban J connectivity index is 2.36. The Labute approximate surface area is 101 Å². The summed E-state index contributed by atoms with van der Waals surface area (Å²) in [6.07, 6.45) is 0.428. The fourth-order valence-electron chi connectivity index (χ4n) is 1.40. The average molecular weight is 252 g/mol. The van der Waals surface area contributed by atoms with Gasteiger partial charge in [-0.15, -0.1) is 0 Å². The molecular weight excluding hydrogens is 245 g/mol. The monoisotopic (exact) mass is 252 g/mol. The van der Waals surface area contributed by atoms with Gasteiger partial charge in [-0.1, -0.05) is 6.07 Å². The maximum atomic E-state index is 13.3. The Bertz CT molecular complexity index is 597. The summed E-state index contributed by atoms with van der Waals surface area (Å²) in [6.45, 7) is 0. The van der Waals surface area contributed by atoms with Gasteiger partial charge in [0.15, 0.2) is 11.6 Å². The number of carbonyl (C=O) groups excluding carboxylic acids is 1. The van der Waals surface area contributed by atoms with E-state index in [9.17, 15) is 18.0 Å². The Morgan fingerprint density at radius 2 is 1.83 bits per heavy atom. The SMILES string of the molecule is O=Cc1cc(F)cc(Oc2cccc(F)c2F)c1. The van der Waals surface area contributed by atoms with E-state index in [4.69, 9.17) is 4.74 Å². The molecule has 0 saturated heterocycles. The van der Waals surface area contributed by atoms with Crippen LogP contribution in [-0.4, -0.2) is 6.29 Å². The highest BCUT2D eigenvalue weighted by atomic mass is 19.2. The molecule has 0 N–H and O–H groups in total. The first-order valence-corrected chi connectivity index (χ1v) is 4.98. The van der Waals surface area contributed by atoms with E-state index in [2.05, 4.69) is 0 Å². The van der Waals surface area contributed by atoms with Crippen LogP contribution in [0, 0.1) is 17.5 Å².